The molecule has 2 heterocycles. The molecule has 1 saturated heterocycles. The number of phenolic OH excluding ortho intramolecular Hbond substituents is 1. The number of likely N-dealkylation sites (tertiary alicyclic amines) is 1. The van der Waals surface area contributed by atoms with Gasteiger partial charge in [-0.05, 0) is 67.0 Å². The smallest absolute Gasteiger partial charge is 0.334 e. The number of rotatable bonds is 30. The summed E-state index contributed by atoms with van der Waals surface area (Å²) < 4.78 is 0. The van der Waals surface area contributed by atoms with Crippen molar-refractivity contribution >= 4 is 82.0 Å². The standard InChI is InChI=1S/C58H80N16O14/c1-30(2)22-42(51(82)66-40(16-11-21-63-57(61)62-5)50(81)67-41(49(60)80)25-35-28-64-39-15-10-9-14-38(35)39)70-58(88)73-72-53(84)43(23-33-12-7-6-8-13-33)69-55(86)48(31(3)75)71-52(83)44(27-47(59)79)68-54(85)46-26-37(78)29-74(46)56(87)45(65-32(4)76)24-34-17-19-36(77)20-18-34/h6-10,12-15,17-20,28,30-31,37,40-46,48,64,75,77-78H,11,16,21-27,29H2,1-5H3,(H2,59,79)(H2,60,80)(H,65,76)(H,66,82)(H,67,81)(H,68,85)(H,69,86)(H,71,83)(H,72,84)(H3,61,62,63)(H2,70,73,88)/t31-,37+,40-,41-,42-,43-,44-,45+,46-,48+/m0/s1. The number of nitrogens with zero attached hydrogens (tertiary/aromatic N) is 1. The molecule has 0 unspecified atom stereocenters. The lowest BCUT2D eigenvalue weighted by Crippen LogP contribution is -2.62. The molecule has 0 radical (unpaired) electrons. The molecule has 0 spiro atoms. The van der Waals surface area contributed by atoms with Gasteiger partial charge in [0.05, 0.1) is 18.6 Å². The van der Waals surface area contributed by atoms with Gasteiger partial charge in [0.15, 0.2) is 5.96 Å². The van der Waals surface area contributed by atoms with Gasteiger partial charge in [0.25, 0.3) is 5.91 Å². The van der Waals surface area contributed by atoms with Crippen LogP contribution in [0.2, 0.25) is 0 Å². The van der Waals surface area contributed by atoms with Gasteiger partial charge in [0, 0.05) is 69.8 Å². The monoisotopic (exact) mass is 1220 g/mol. The Kier molecular flexibility index (Phi) is 26.0. The number of β-amino-alcohol motifs (C(OH)–C–C–N with tert-alkyl or cyclic N) is 1. The number of H-pyrrole nitrogens is 1. The van der Waals surface area contributed by atoms with Crippen molar-refractivity contribution in [3.05, 3.63) is 102 Å². The highest BCUT2D eigenvalue weighted by Gasteiger charge is 2.43. The third kappa shape index (κ3) is 21.3. The highest BCUT2D eigenvalue weighted by Crippen LogP contribution is 2.23. The summed E-state index contributed by atoms with van der Waals surface area (Å²) in [5.41, 5.74) is 18.1. The number of aliphatic hydroxyl groups is 2. The summed E-state index contributed by atoms with van der Waals surface area (Å²) in [5, 5.41) is 62.9. The number of hydrogen-bond donors (Lipinski definition) is 18. The number of aromatic nitrogens is 1. The third-order valence-electron chi connectivity index (χ3n) is 14.2. The predicted molar refractivity (Wildman–Crippen MR) is 319 cm³/mol. The van der Waals surface area contributed by atoms with E-state index in [1.807, 2.05) is 24.3 Å². The number of benzene rings is 3. The van der Waals surface area contributed by atoms with Crippen molar-refractivity contribution < 1.29 is 68.1 Å². The first kappa shape index (κ1) is 68.9. The highest BCUT2D eigenvalue weighted by molar-refractivity contribution is 5.99. The van der Waals surface area contributed by atoms with E-state index in [1.165, 1.54) is 38.2 Å². The second-order valence-corrected chi connectivity index (χ2v) is 21.8. The summed E-state index contributed by atoms with van der Waals surface area (Å²) in [5.74, 6) is -9.62. The molecule has 88 heavy (non-hydrogen) atoms. The zero-order chi connectivity index (χ0) is 64.8. The molecule has 0 saturated carbocycles. The number of hydrogen-bond acceptors (Lipinski definition) is 15. The zero-order valence-corrected chi connectivity index (χ0v) is 49.4. The number of primary amides is 2. The van der Waals surface area contributed by atoms with E-state index in [-0.39, 0.29) is 75.7 Å². The lowest BCUT2D eigenvalue weighted by Gasteiger charge is -2.30. The molecule has 476 valence electrons. The average molecular weight is 1230 g/mol. The number of hydrazine groups is 1. The Morgan fingerprint density at radius 2 is 1.30 bits per heavy atom. The van der Waals surface area contributed by atoms with E-state index in [1.54, 1.807) is 50.4 Å². The summed E-state index contributed by atoms with van der Waals surface area (Å²) in [7, 11) is 1.54. The maximum atomic E-state index is 14.1. The molecule has 10 atom stereocenters. The number of urea groups is 1. The van der Waals surface area contributed by atoms with Crippen molar-refractivity contribution in [3.8, 4) is 5.75 Å². The Balaban J connectivity index is 1.27. The molecular formula is C58H80N16O14. The summed E-state index contributed by atoms with van der Waals surface area (Å²) in [6.07, 6.45) is -2.51. The van der Waals surface area contributed by atoms with Crippen LogP contribution in [-0.2, 0) is 67.2 Å². The Labute approximate surface area is 507 Å². The SMILES string of the molecule is CNC(=N)NCCC[C@H](NC(=O)[C@H](CC(C)C)NC(=O)NNC(=O)[C@H](Cc1ccccc1)NC(=O)[C@H](NC(=O)[C@H](CC(N)=O)NC(=O)[C@@H]1C[C@@H](O)CN1C(=O)[C@@H](Cc1ccc(O)cc1)NC(C)=O)[C@H](C)O)C(=O)N[C@@H](Cc1c[nH]c2ccccc12)C(N)=O. The molecule has 0 aliphatic carbocycles. The fraction of sp³-hybridized carbons (Fsp3) is 0.448. The van der Waals surface area contributed by atoms with E-state index in [2.05, 4.69) is 63.7 Å². The van der Waals surface area contributed by atoms with Crippen LogP contribution in [0, 0.1) is 11.3 Å². The fourth-order valence-electron chi connectivity index (χ4n) is 9.74. The van der Waals surface area contributed by atoms with Gasteiger partial charge in [-0.15, -0.1) is 0 Å². The van der Waals surface area contributed by atoms with Gasteiger partial charge < -0.3 is 84.5 Å². The number of carbonyl (C=O) groups is 11. The largest absolute Gasteiger partial charge is 0.508 e. The van der Waals surface area contributed by atoms with Crippen LogP contribution in [0.4, 0.5) is 4.79 Å². The van der Waals surface area contributed by atoms with Crippen LogP contribution in [-0.4, -0.2) is 177 Å². The Morgan fingerprint density at radius 1 is 0.682 bits per heavy atom. The van der Waals surface area contributed by atoms with E-state index in [0.717, 1.165) is 22.7 Å². The van der Waals surface area contributed by atoms with Gasteiger partial charge in [0.2, 0.25) is 53.2 Å². The number of nitrogens with one attached hydrogen (secondary N) is 13. The molecule has 30 heteroatoms. The van der Waals surface area contributed by atoms with Crippen molar-refractivity contribution in [2.75, 3.05) is 20.1 Å². The molecule has 3 aromatic carbocycles. The first-order valence-corrected chi connectivity index (χ1v) is 28.5. The van der Waals surface area contributed by atoms with Crippen LogP contribution < -0.4 is 70.2 Å². The zero-order valence-electron chi connectivity index (χ0n) is 49.4. The van der Waals surface area contributed by atoms with E-state index < -0.39 is 132 Å². The first-order valence-electron chi connectivity index (χ1n) is 28.5. The second kappa shape index (κ2) is 33.2. The number of fused-ring (bicyclic) bond motifs is 1. The molecule has 1 fully saturated rings. The van der Waals surface area contributed by atoms with Crippen LogP contribution >= 0.6 is 0 Å². The van der Waals surface area contributed by atoms with Crippen LogP contribution in [0.25, 0.3) is 10.9 Å². The molecule has 30 nitrogen and oxygen atoms in total. The van der Waals surface area contributed by atoms with Crippen molar-refractivity contribution in [3.63, 3.8) is 0 Å². The van der Waals surface area contributed by atoms with Crippen molar-refractivity contribution in [2.45, 2.75) is 140 Å². The normalized spacial score (nSPS) is 16.3. The number of aromatic amines is 1. The average Bonchev–Trinajstić information content (AvgIpc) is 2.76. The minimum Gasteiger partial charge on any atom is -0.508 e. The minimum absolute atomic E-state index is 0.00174. The van der Waals surface area contributed by atoms with E-state index in [0.29, 0.717) is 16.7 Å². The molecule has 5 rings (SSSR count). The van der Waals surface area contributed by atoms with Gasteiger partial charge in [-0.3, -0.25) is 58.8 Å². The number of phenols is 1. The van der Waals surface area contributed by atoms with Crippen molar-refractivity contribution in [1.29, 1.82) is 5.41 Å². The number of aromatic hydroxyl groups is 1. The minimum atomic E-state index is -1.90. The number of nitrogens with two attached hydrogens (primary N) is 2. The maximum absolute atomic E-state index is 14.1. The summed E-state index contributed by atoms with van der Waals surface area (Å²) in [6, 6.07) is 8.39. The lowest BCUT2D eigenvalue weighted by molar-refractivity contribution is -0.142. The predicted octanol–water partition coefficient (Wildman–Crippen LogP) is -3.20. The third-order valence-corrected chi connectivity index (χ3v) is 14.2. The molecule has 4 aromatic rings. The summed E-state index contributed by atoms with van der Waals surface area (Å²) >= 11 is 0. The Hall–Kier alpha value is -9.84. The van der Waals surface area contributed by atoms with Crippen molar-refractivity contribution in [2.24, 2.45) is 17.4 Å². The Bertz CT molecular complexity index is 3120. The van der Waals surface area contributed by atoms with Crippen LogP contribution in [0.15, 0.2) is 85.1 Å². The fourth-order valence-corrected chi connectivity index (χ4v) is 9.74. The lowest BCUT2D eigenvalue weighted by atomic mass is 10.0. The number of para-hydroxylation sites is 1. The van der Waals surface area contributed by atoms with E-state index >= 15 is 0 Å². The van der Waals surface area contributed by atoms with Gasteiger partial charge in [0.1, 0.15) is 54.1 Å². The maximum Gasteiger partial charge on any atom is 0.334 e. The molecule has 1 aliphatic heterocycles. The number of guanidine groups is 1. The highest BCUT2D eigenvalue weighted by atomic mass is 16.3. The molecule has 1 aliphatic rings. The van der Waals surface area contributed by atoms with E-state index in [9.17, 15) is 68.1 Å². The summed E-state index contributed by atoms with van der Waals surface area (Å²) in [4.78, 5) is 153. The van der Waals surface area contributed by atoms with E-state index in [4.69, 9.17) is 16.9 Å². The first-order chi connectivity index (χ1) is 41.7. The Morgan fingerprint density at radius 3 is 1.93 bits per heavy atom. The van der Waals surface area contributed by atoms with Gasteiger partial charge in [-0.1, -0.05) is 74.5 Å². The molecular weight excluding hydrogens is 1140 g/mol. The number of carbonyl (C=O) groups excluding carboxylic acids is 11. The topological polar surface area (TPSA) is 476 Å². The van der Waals surface area contributed by atoms with Crippen LogP contribution in [0.5, 0.6) is 5.75 Å². The quantitative estimate of drug-likeness (QED) is 0.0106. The van der Waals surface area contributed by atoms with Gasteiger partial charge >= 0.3 is 6.03 Å². The molecule has 20 N–H and O–H groups in total. The molecule has 0 bridgehead atoms. The van der Waals surface area contributed by atoms with Gasteiger partial charge in [-0.2, -0.15) is 0 Å². The van der Waals surface area contributed by atoms with Crippen LogP contribution in [0.1, 0.15) is 76.5 Å². The van der Waals surface area contributed by atoms with Gasteiger partial charge in [-0.25, -0.2) is 10.2 Å². The van der Waals surface area contributed by atoms with Crippen molar-refractivity contribution in [1.82, 2.24) is 68.6 Å². The number of aliphatic hydroxyl groups excluding tert-OH is 2. The van der Waals surface area contributed by atoms with Crippen LogP contribution in [0.3, 0.4) is 0 Å². The second-order valence-electron chi connectivity index (χ2n) is 21.8. The molecule has 1 aromatic heterocycles. The number of amides is 12. The summed E-state index contributed by atoms with van der Waals surface area (Å²) in [6.45, 7) is 5.66. The molecule has 12 amide bonds.